The van der Waals surface area contributed by atoms with Crippen molar-refractivity contribution in [3.63, 3.8) is 0 Å². The molecule has 0 unspecified atom stereocenters. The summed E-state index contributed by atoms with van der Waals surface area (Å²) in [5.74, 6) is -2.27. The average molecular weight is 1790 g/mol. The summed E-state index contributed by atoms with van der Waals surface area (Å²) in [5, 5.41) is 61.2. The van der Waals surface area contributed by atoms with Crippen molar-refractivity contribution in [1.82, 2.24) is 31.6 Å². The van der Waals surface area contributed by atoms with Crippen LogP contribution in [0.1, 0.15) is 86.0 Å². The Morgan fingerprint density at radius 3 is 1.23 bits per heavy atom. The van der Waals surface area contributed by atoms with E-state index in [0.717, 1.165) is 104 Å². The number of carbonyl (C=O) groups excluding carboxylic acids is 5. The number of methoxy groups -OCH3 is 4. The van der Waals surface area contributed by atoms with Crippen molar-refractivity contribution < 1.29 is 56.1 Å². The van der Waals surface area contributed by atoms with Crippen molar-refractivity contribution in [3.8, 4) is 53.3 Å². The molecule has 0 radical (unpaired) electrons. The van der Waals surface area contributed by atoms with Crippen LogP contribution in [0.2, 0.25) is 20.1 Å². The molecule has 1 aromatic heterocycles. The molecule has 0 bridgehead atoms. The summed E-state index contributed by atoms with van der Waals surface area (Å²) in [6.45, 7) is 7.01. The molecule has 12 rings (SSSR count). The highest BCUT2D eigenvalue weighted by Gasteiger charge is 2.20. The number of benzene rings is 10. The Hall–Kier alpha value is -14.9. The van der Waals surface area contributed by atoms with Gasteiger partial charge in [0.2, 0.25) is 0 Å². The number of aromatic nitrogens is 1. The number of rotatable bonds is 25. The van der Waals surface area contributed by atoms with Crippen LogP contribution in [-0.4, -0.2) is 76.0 Å². The molecule has 11 aromatic rings. The molecule has 127 heavy (non-hydrogen) atoms. The zero-order chi connectivity index (χ0) is 91.7. The zero-order valence-electron chi connectivity index (χ0n) is 69.8. The van der Waals surface area contributed by atoms with Crippen LogP contribution in [0.5, 0.6) is 23.0 Å². The third-order valence-corrected chi connectivity index (χ3v) is 20.2. The fourth-order valence-corrected chi connectivity index (χ4v) is 12.8. The largest absolute Gasteiger partial charge is 0.497 e. The molecule has 0 spiro atoms. The number of para-hydroxylation sites is 1. The molecular formula is C99H85Cl4F3N12O9. The van der Waals surface area contributed by atoms with Gasteiger partial charge in [-0.1, -0.05) is 167 Å². The highest BCUT2D eigenvalue weighted by Crippen LogP contribution is 2.29. The standard InChI is InChI=1S/C23H25N3O2.C21H17N3O2.C19H16ClFN2O2.C18H14Cl2N2O2.C18H13ClF2N2O/c1-28-22-7-5-6-19(15-22)17-25-23(27)20(16-24)14-18-8-10-21(11-9-18)26-12-3-2-4-13-26;1-26-18-6-4-5-15(11-18)14-24-21(25)17(13-22)12-16-9-10-23-20-8-3-2-7-19(16)20;1-12-6-7-17(20)16(18(12)21)9-14(10-22)19(24)23-11-13-4-3-5-15(8-13)25-2;1-24-15-4-2-3-13(8-15)11-22-18(23)14(10-21)7-12-5-6-16(19)17(20)9-12;1-11-3-2-4-12(7-11)10-23-18(24)13(9-22)8-14-16(20)6-5-15(19)17(14)21/h5-11,14-15H,2-4,12-13,17H2,1H3,(H,25,27);2-12H,14H2,1H3,(H,24,25);3-9H,11H2,1-2H3,(H,23,24);2-9H,11H2,1H3,(H,22,23);2-8H,10H2,1H3,(H,23,24)/b20-14+;17-12+;14-9+;14-7+;13-8+. The third-order valence-electron chi connectivity index (χ3n) is 18.8. The molecule has 1 aliphatic rings. The summed E-state index contributed by atoms with van der Waals surface area (Å²) in [6, 6.07) is 73.5. The normalized spacial score (nSPS) is 11.7. The number of amides is 5. The molecule has 1 fully saturated rings. The van der Waals surface area contributed by atoms with Crippen LogP contribution in [0, 0.1) is 88.0 Å². The van der Waals surface area contributed by atoms with E-state index in [2.05, 4.69) is 48.6 Å². The molecule has 644 valence electrons. The van der Waals surface area contributed by atoms with Gasteiger partial charge in [-0.25, -0.2) is 13.2 Å². The lowest BCUT2D eigenvalue weighted by Gasteiger charge is -2.28. The molecule has 21 nitrogen and oxygen atoms in total. The van der Waals surface area contributed by atoms with Crippen LogP contribution in [0.15, 0.2) is 252 Å². The van der Waals surface area contributed by atoms with Crippen LogP contribution in [0.25, 0.3) is 41.3 Å². The van der Waals surface area contributed by atoms with Gasteiger partial charge in [-0.3, -0.25) is 29.0 Å². The van der Waals surface area contributed by atoms with Gasteiger partial charge in [0, 0.05) is 74.2 Å². The van der Waals surface area contributed by atoms with Crippen molar-refractivity contribution >= 4 is 123 Å². The summed E-state index contributed by atoms with van der Waals surface area (Å²) < 4.78 is 62.3. The lowest BCUT2D eigenvalue weighted by molar-refractivity contribution is -0.118. The van der Waals surface area contributed by atoms with E-state index < -0.39 is 52.2 Å². The molecule has 0 saturated carbocycles. The minimum absolute atomic E-state index is 0.0173. The molecule has 10 aromatic carbocycles. The smallest absolute Gasteiger partial charge is 0.262 e. The van der Waals surface area contributed by atoms with E-state index in [4.69, 9.17) is 70.6 Å². The van der Waals surface area contributed by atoms with Gasteiger partial charge in [0.25, 0.3) is 29.5 Å². The summed E-state index contributed by atoms with van der Waals surface area (Å²) in [4.78, 5) is 67.9. The Kier molecular flexibility index (Phi) is 38.8. The van der Waals surface area contributed by atoms with E-state index >= 15 is 0 Å². The van der Waals surface area contributed by atoms with Crippen molar-refractivity contribution in [3.05, 3.63) is 357 Å². The minimum Gasteiger partial charge on any atom is -0.497 e. The van der Waals surface area contributed by atoms with E-state index in [1.54, 1.807) is 108 Å². The fourth-order valence-electron chi connectivity index (χ4n) is 12.1. The van der Waals surface area contributed by atoms with Gasteiger partial charge in [-0.2, -0.15) is 26.3 Å². The molecule has 5 amide bonds. The Balaban J connectivity index is 0.000000197. The van der Waals surface area contributed by atoms with Crippen LogP contribution >= 0.6 is 46.4 Å². The van der Waals surface area contributed by atoms with E-state index in [-0.39, 0.29) is 63.4 Å². The maximum atomic E-state index is 14.2. The number of nitrogens with one attached hydrogen (secondary N) is 5. The summed E-state index contributed by atoms with van der Waals surface area (Å²) in [5.41, 5.74) is 8.97. The van der Waals surface area contributed by atoms with Crippen LogP contribution < -0.4 is 50.4 Å². The molecule has 2 heterocycles. The van der Waals surface area contributed by atoms with Crippen LogP contribution in [0.4, 0.5) is 18.9 Å². The maximum absolute atomic E-state index is 14.2. The number of ether oxygens (including phenoxy) is 4. The lowest BCUT2D eigenvalue weighted by atomic mass is 10.1. The predicted octanol–water partition coefficient (Wildman–Crippen LogP) is 19.8. The van der Waals surface area contributed by atoms with Gasteiger partial charge in [-0.05, 0) is 217 Å². The lowest BCUT2D eigenvalue weighted by Crippen LogP contribution is -2.29. The first-order valence-corrected chi connectivity index (χ1v) is 40.6. The van der Waals surface area contributed by atoms with Gasteiger partial charge in [0.1, 0.15) is 92.8 Å². The van der Waals surface area contributed by atoms with Gasteiger partial charge in [0.15, 0.2) is 5.82 Å². The predicted molar refractivity (Wildman–Crippen MR) is 489 cm³/mol. The SMILES string of the molecule is COc1cccc(CNC(=O)/C(C#N)=C/c2c(Cl)ccc(C)c2F)c1.COc1cccc(CNC(=O)/C(C#N)=C/c2ccc(Cl)c(Cl)c2)c1.COc1cccc(CNC(=O)/C(C#N)=C/c2ccc(N3CCCCC3)cc2)c1.COc1cccc(CNC(=O)/C(C#N)=C/c2ccnc3ccccc23)c1.Cc1cccc(CNC(=O)/C(C#N)=C/c2c(F)ccc(Cl)c2F)c1. The summed E-state index contributed by atoms with van der Waals surface area (Å²) >= 11 is 23.3. The van der Waals surface area contributed by atoms with Gasteiger partial charge in [-0.15, -0.1) is 0 Å². The zero-order valence-corrected chi connectivity index (χ0v) is 72.8. The van der Waals surface area contributed by atoms with Crippen molar-refractivity contribution in [2.24, 2.45) is 0 Å². The Morgan fingerprint density at radius 2 is 0.787 bits per heavy atom. The average Bonchev–Trinajstić information content (AvgIpc) is 0.830. The van der Waals surface area contributed by atoms with Crippen LogP contribution in [-0.2, 0) is 56.7 Å². The Morgan fingerprint density at radius 1 is 0.394 bits per heavy atom. The number of nitrogens with zero attached hydrogens (tertiary/aromatic N) is 7. The highest BCUT2D eigenvalue weighted by molar-refractivity contribution is 6.42. The number of aryl methyl sites for hydroxylation is 2. The number of hydrogen-bond acceptors (Lipinski definition) is 16. The molecule has 1 saturated heterocycles. The molecular weight excluding hydrogens is 1700 g/mol. The molecule has 1 aliphatic heterocycles. The van der Waals surface area contributed by atoms with Gasteiger partial charge >= 0.3 is 0 Å². The van der Waals surface area contributed by atoms with Gasteiger partial charge < -0.3 is 50.4 Å². The summed E-state index contributed by atoms with van der Waals surface area (Å²) in [7, 11) is 6.32. The topological polar surface area (TPSA) is 317 Å². The number of fused-ring (bicyclic) bond motifs is 1. The number of halogens is 7. The van der Waals surface area contributed by atoms with Crippen molar-refractivity contribution in [1.29, 1.82) is 26.3 Å². The monoisotopic (exact) mass is 1780 g/mol. The molecule has 0 atom stereocenters. The van der Waals surface area contributed by atoms with E-state index in [1.165, 1.54) is 43.2 Å². The second kappa shape index (κ2) is 50.6. The van der Waals surface area contributed by atoms with Crippen LogP contribution in [0.3, 0.4) is 0 Å². The molecule has 5 N–H and O–H groups in total. The highest BCUT2D eigenvalue weighted by atomic mass is 35.5. The van der Waals surface area contributed by atoms with Crippen molar-refractivity contribution in [2.45, 2.75) is 65.8 Å². The van der Waals surface area contributed by atoms with E-state index in [9.17, 15) is 58.2 Å². The third kappa shape index (κ3) is 30.5. The van der Waals surface area contributed by atoms with E-state index in [0.29, 0.717) is 45.8 Å². The Labute approximate surface area is 754 Å². The maximum Gasteiger partial charge on any atom is 0.262 e. The number of carbonyl (C=O) groups is 5. The summed E-state index contributed by atoms with van der Waals surface area (Å²) in [6.07, 6.45) is 12.1. The number of pyridine rings is 1. The number of hydrogen-bond donors (Lipinski definition) is 5. The molecule has 0 aliphatic carbocycles. The number of anilines is 1. The Bertz CT molecular complexity index is 6170. The molecule has 28 heteroatoms. The fraction of sp³-hybridized carbons (Fsp3) is 0.162. The van der Waals surface area contributed by atoms with Gasteiger partial charge in [0.05, 0.1) is 54.0 Å². The van der Waals surface area contributed by atoms with Crippen molar-refractivity contribution in [2.75, 3.05) is 46.4 Å². The second-order valence-corrected chi connectivity index (χ2v) is 29.4. The quantitative estimate of drug-likeness (QED) is 0.0202. The number of piperidine rings is 1. The second-order valence-electron chi connectivity index (χ2n) is 27.7. The minimum atomic E-state index is -1.02. The first-order chi connectivity index (χ1) is 61.3. The number of nitriles is 5. The van der Waals surface area contributed by atoms with E-state index in [1.807, 2.05) is 165 Å². The first kappa shape index (κ1) is 97.5. The first-order valence-electron chi connectivity index (χ1n) is 39.1.